The van der Waals surface area contributed by atoms with Gasteiger partial charge in [0.05, 0.1) is 5.92 Å². The lowest BCUT2D eigenvalue weighted by Gasteiger charge is -2.39. The smallest absolute Gasteiger partial charge is 0.221 e. The summed E-state index contributed by atoms with van der Waals surface area (Å²) >= 11 is 0. The van der Waals surface area contributed by atoms with Gasteiger partial charge >= 0.3 is 0 Å². The molecule has 0 radical (unpaired) electrons. The van der Waals surface area contributed by atoms with Crippen LogP contribution in [0.25, 0.3) is 10.9 Å². The molecule has 1 aliphatic heterocycles. The summed E-state index contributed by atoms with van der Waals surface area (Å²) in [6.45, 7) is 0.715. The van der Waals surface area contributed by atoms with Crippen molar-refractivity contribution in [3.63, 3.8) is 0 Å². The lowest BCUT2D eigenvalue weighted by molar-refractivity contribution is -0.122. The zero-order valence-corrected chi connectivity index (χ0v) is 10.6. The van der Waals surface area contributed by atoms with E-state index in [1.54, 1.807) is 0 Å². The van der Waals surface area contributed by atoms with Gasteiger partial charge in [0.25, 0.3) is 0 Å². The third-order valence-corrected chi connectivity index (χ3v) is 4.71. The van der Waals surface area contributed by atoms with Crippen LogP contribution >= 0.6 is 0 Å². The van der Waals surface area contributed by atoms with Crippen molar-refractivity contribution in [2.75, 3.05) is 6.54 Å². The summed E-state index contributed by atoms with van der Waals surface area (Å²) in [7, 11) is 0. The number of aromatic amines is 1. The van der Waals surface area contributed by atoms with Crippen LogP contribution in [0.1, 0.15) is 23.5 Å². The number of nitrogens with two attached hydrogens (primary N) is 1. The minimum atomic E-state index is -0.182. The van der Waals surface area contributed by atoms with Gasteiger partial charge in [0, 0.05) is 35.6 Å². The van der Waals surface area contributed by atoms with Crippen LogP contribution < -0.4 is 11.1 Å². The van der Waals surface area contributed by atoms with Crippen LogP contribution in [0.3, 0.4) is 0 Å². The zero-order valence-electron chi connectivity index (χ0n) is 10.6. The summed E-state index contributed by atoms with van der Waals surface area (Å²) in [6, 6.07) is 6.84. The molecule has 4 heteroatoms. The SMILES string of the molecule is NC(=O)C1CN[C@@H]2Cc3c[nH]c4cccc(c34)C2C1. The van der Waals surface area contributed by atoms with E-state index in [1.807, 2.05) is 0 Å². The van der Waals surface area contributed by atoms with Crippen molar-refractivity contribution < 1.29 is 4.79 Å². The Hall–Kier alpha value is -1.81. The topological polar surface area (TPSA) is 70.9 Å². The third kappa shape index (κ3) is 1.53. The molecule has 19 heavy (non-hydrogen) atoms. The van der Waals surface area contributed by atoms with E-state index in [0.29, 0.717) is 18.5 Å². The first-order chi connectivity index (χ1) is 9.24. The molecule has 4 nitrogen and oxygen atoms in total. The fraction of sp³-hybridized carbons (Fsp3) is 0.400. The van der Waals surface area contributed by atoms with E-state index in [9.17, 15) is 4.79 Å². The molecule has 1 aromatic carbocycles. The van der Waals surface area contributed by atoms with E-state index < -0.39 is 0 Å². The zero-order chi connectivity index (χ0) is 13.0. The van der Waals surface area contributed by atoms with Crippen molar-refractivity contribution in [3.05, 3.63) is 35.5 Å². The first-order valence-corrected chi connectivity index (χ1v) is 6.85. The van der Waals surface area contributed by atoms with E-state index in [4.69, 9.17) is 5.73 Å². The second-order valence-electron chi connectivity index (χ2n) is 5.74. The van der Waals surface area contributed by atoms with Gasteiger partial charge in [0.15, 0.2) is 0 Å². The summed E-state index contributed by atoms with van der Waals surface area (Å²) in [5, 5.41) is 4.87. The number of aromatic nitrogens is 1. The number of hydrogen-bond donors (Lipinski definition) is 3. The Bertz CT molecular complexity index is 660. The van der Waals surface area contributed by atoms with Crippen LogP contribution in [0, 0.1) is 5.92 Å². The second kappa shape index (κ2) is 3.84. The Labute approximate surface area is 111 Å². The molecule has 1 aromatic heterocycles. The molecule has 2 aromatic rings. The Morgan fingerprint density at radius 2 is 2.26 bits per heavy atom. The number of fused-ring (bicyclic) bond motifs is 2. The fourth-order valence-electron chi connectivity index (χ4n) is 3.76. The van der Waals surface area contributed by atoms with Gasteiger partial charge in [-0.3, -0.25) is 4.79 Å². The molecule has 1 amide bonds. The standard InChI is InChI=1S/C15H17N3O/c16-15(19)9-4-11-10-2-1-3-12-14(10)8(6-17-12)5-13(11)18-7-9/h1-3,6,9,11,13,17-18H,4-5,7H2,(H2,16,19)/t9?,11?,13-/m1/s1. The largest absolute Gasteiger partial charge is 0.369 e. The summed E-state index contributed by atoms with van der Waals surface area (Å²) < 4.78 is 0. The minimum absolute atomic E-state index is 0.0444. The number of rotatable bonds is 1. The first kappa shape index (κ1) is 11.1. The lowest BCUT2D eigenvalue weighted by atomic mass is 9.73. The number of nitrogens with one attached hydrogen (secondary N) is 2. The Morgan fingerprint density at radius 1 is 1.37 bits per heavy atom. The predicted molar refractivity (Wildman–Crippen MR) is 73.8 cm³/mol. The minimum Gasteiger partial charge on any atom is -0.369 e. The van der Waals surface area contributed by atoms with Gasteiger partial charge in [-0.1, -0.05) is 12.1 Å². The average molecular weight is 255 g/mol. The van der Waals surface area contributed by atoms with Gasteiger partial charge < -0.3 is 16.0 Å². The molecule has 4 N–H and O–H groups in total. The molecule has 3 atom stereocenters. The average Bonchev–Trinajstić information content (AvgIpc) is 2.83. The summed E-state index contributed by atoms with van der Waals surface area (Å²) in [6.07, 6.45) is 4.02. The van der Waals surface area contributed by atoms with E-state index in [-0.39, 0.29) is 11.8 Å². The summed E-state index contributed by atoms with van der Waals surface area (Å²) in [4.78, 5) is 14.8. The van der Waals surface area contributed by atoms with Crippen LogP contribution in [-0.2, 0) is 11.2 Å². The van der Waals surface area contributed by atoms with Crippen LogP contribution in [0.2, 0.25) is 0 Å². The molecule has 1 fully saturated rings. The van der Waals surface area contributed by atoms with Crippen molar-refractivity contribution in [2.24, 2.45) is 11.7 Å². The number of carbonyl (C=O) groups is 1. The maximum absolute atomic E-state index is 11.4. The summed E-state index contributed by atoms with van der Waals surface area (Å²) in [5.41, 5.74) is 9.43. The maximum atomic E-state index is 11.4. The van der Waals surface area contributed by atoms with Crippen LogP contribution in [0.5, 0.6) is 0 Å². The van der Waals surface area contributed by atoms with Gasteiger partial charge in [0.2, 0.25) is 5.91 Å². The van der Waals surface area contributed by atoms with Gasteiger partial charge in [-0.05, 0) is 30.0 Å². The van der Waals surface area contributed by atoms with Gasteiger partial charge in [-0.15, -0.1) is 0 Å². The molecule has 0 saturated carbocycles. The molecule has 4 rings (SSSR count). The third-order valence-electron chi connectivity index (χ3n) is 4.71. The number of piperidine rings is 1. The monoisotopic (exact) mass is 255 g/mol. The molecular formula is C15H17N3O. The van der Waals surface area contributed by atoms with Crippen molar-refractivity contribution in [1.29, 1.82) is 0 Å². The number of H-pyrrole nitrogens is 1. The number of hydrogen-bond acceptors (Lipinski definition) is 2. The van der Waals surface area contributed by atoms with Gasteiger partial charge in [0.1, 0.15) is 0 Å². The Kier molecular flexibility index (Phi) is 2.23. The second-order valence-corrected chi connectivity index (χ2v) is 5.74. The van der Waals surface area contributed by atoms with Crippen LogP contribution in [-0.4, -0.2) is 23.5 Å². The van der Waals surface area contributed by atoms with Gasteiger partial charge in [-0.2, -0.15) is 0 Å². The normalized spacial score (nSPS) is 29.2. The highest BCUT2D eigenvalue weighted by molar-refractivity contribution is 5.88. The number of benzene rings is 1. The number of carbonyl (C=O) groups excluding carboxylic acids is 1. The molecule has 2 aliphatic rings. The maximum Gasteiger partial charge on any atom is 0.221 e. The van der Waals surface area contributed by atoms with Crippen molar-refractivity contribution in [2.45, 2.75) is 24.8 Å². The molecule has 0 bridgehead atoms. The van der Waals surface area contributed by atoms with Crippen molar-refractivity contribution in [1.82, 2.24) is 10.3 Å². The molecule has 1 saturated heterocycles. The van der Waals surface area contributed by atoms with E-state index >= 15 is 0 Å². The molecule has 98 valence electrons. The number of primary amides is 1. The number of amides is 1. The highest BCUT2D eigenvalue weighted by Crippen LogP contribution is 2.41. The Balaban J connectivity index is 1.82. The Morgan fingerprint density at radius 3 is 3.11 bits per heavy atom. The van der Waals surface area contributed by atoms with Crippen molar-refractivity contribution >= 4 is 16.8 Å². The van der Waals surface area contributed by atoms with E-state index in [1.165, 1.54) is 22.0 Å². The lowest BCUT2D eigenvalue weighted by Crippen LogP contribution is -2.49. The highest BCUT2D eigenvalue weighted by atomic mass is 16.1. The van der Waals surface area contributed by atoms with Gasteiger partial charge in [-0.25, -0.2) is 0 Å². The quantitative estimate of drug-likeness (QED) is 0.718. The van der Waals surface area contributed by atoms with E-state index in [0.717, 1.165) is 12.8 Å². The van der Waals surface area contributed by atoms with E-state index in [2.05, 4.69) is 34.7 Å². The fourth-order valence-corrected chi connectivity index (χ4v) is 3.76. The summed E-state index contributed by atoms with van der Waals surface area (Å²) in [5.74, 6) is 0.174. The molecular weight excluding hydrogens is 238 g/mol. The predicted octanol–water partition coefficient (Wildman–Crippen LogP) is 1.27. The molecule has 1 aliphatic carbocycles. The molecule has 2 unspecified atom stereocenters. The highest BCUT2D eigenvalue weighted by Gasteiger charge is 2.37. The molecule has 2 heterocycles. The molecule has 0 spiro atoms. The van der Waals surface area contributed by atoms with Crippen LogP contribution in [0.15, 0.2) is 24.4 Å². The van der Waals surface area contributed by atoms with Crippen molar-refractivity contribution in [3.8, 4) is 0 Å². The van der Waals surface area contributed by atoms with Crippen LogP contribution in [0.4, 0.5) is 0 Å². The first-order valence-electron chi connectivity index (χ1n) is 6.85.